The lowest BCUT2D eigenvalue weighted by Crippen LogP contribution is -2.28. The van der Waals surface area contributed by atoms with Crippen molar-refractivity contribution in [2.45, 2.75) is 17.4 Å². The number of hydrogen-bond donors (Lipinski definition) is 2. The summed E-state index contributed by atoms with van der Waals surface area (Å²) in [6.45, 7) is 0.323. The molecule has 1 heterocycles. The summed E-state index contributed by atoms with van der Waals surface area (Å²) in [6, 6.07) is 8.37. The smallest absolute Gasteiger partial charge is 0.241 e. The van der Waals surface area contributed by atoms with E-state index in [-0.39, 0.29) is 24.5 Å². The highest BCUT2D eigenvalue weighted by Gasteiger charge is 2.17. The summed E-state index contributed by atoms with van der Waals surface area (Å²) in [4.78, 5) is 4.33. The van der Waals surface area contributed by atoms with Crippen LogP contribution in [0.5, 0.6) is 0 Å². The molecule has 0 amide bonds. The van der Waals surface area contributed by atoms with Crippen molar-refractivity contribution < 1.29 is 18.3 Å². The molecule has 0 spiro atoms. The van der Waals surface area contributed by atoms with Crippen LogP contribution < -0.4 is 4.72 Å². The van der Waals surface area contributed by atoms with Crippen molar-refractivity contribution in [3.63, 3.8) is 0 Å². The van der Waals surface area contributed by atoms with E-state index < -0.39 is 16.1 Å². The number of benzene rings is 1. The average molecular weight is 310 g/mol. The number of nitrogens with one attached hydrogen (secondary N) is 1. The third-order valence-corrected chi connectivity index (χ3v) is 4.54. The maximum Gasteiger partial charge on any atom is 0.241 e. The van der Waals surface area contributed by atoms with Gasteiger partial charge in [0.15, 0.2) is 0 Å². The third kappa shape index (κ3) is 3.98. The number of methoxy groups -OCH3 is 1. The molecule has 2 aromatic rings. The van der Waals surface area contributed by atoms with E-state index in [1.165, 1.54) is 13.2 Å². The number of rotatable bonds is 7. The van der Waals surface area contributed by atoms with E-state index in [1.54, 1.807) is 30.5 Å². The molecule has 0 bridgehead atoms. The van der Waals surface area contributed by atoms with Crippen LogP contribution in [0.2, 0.25) is 0 Å². The minimum absolute atomic E-state index is 0.142. The van der Waals surface area contributed by atoms with Crippen molar-refractivity contribution in [2.75, 3.05) is 20.3 Å². The van der Waals surface area contributed by atoms with Crippen LogP contribution in [0, 0.1) is 0 Å². The first-order chi connectivity index (χ1) is 10.0. The number of nitrogens with zero attached hydrogens (tertiary/aromatic N) is 1. The molecule has 2 rings (SSSR count). The quantitative estimate of drug-likeness (QED) is 0.793. The largest absolute Gasteiger partial charge is 0.391 e. The Morgan fingerprint density at radius 1 is 1.33 bits per heavy atom. The Labute approximate surface area is 123 Å². The van der Waals surface area contributed by atoms with Gasteiger partial charge in [0.1, 0.15) is 0 Å². The monoisotopic (exact) mass is 310 g/mol. The van der Waals surface area contributed by atoms with Gasteiger partial charge in [-0.05, 0) is 30.7 Å². The molecule has 0 aliphatic heterocycles. The number of aliphatic hydroxyl groups excluding tert-OH is 1. The maximum absolute atomic E-state index is 12.3. The van der Waals surface area contributed by atoms with Crippen LogP contribution in [0.15, 0.2) is 41.4 Å². The summed E-state index contributed by atoms with van der Waals surface area (Å²) < 4.78 is 31.9. The SMILES string of the molecule is COCC(O)CCNS(=O)(=O)c1cccc2ncccc12. The Hall–Kier alpha value is -1.54. The molecule has 1 unspecified atom stereocenters. The number of sulfonamides is 1. The maximum atomic E-state index is 12.3. The summed E-state index contributed by atoms with van der Waals surface area (Å²) in [5.74, 6) is 0. The normalized spacial score (nSPS) is 13.4. The Morgan fingerprint density at radius 3 is 2.90 bits per heavy atom. The Balaban J connectivity index is 2.15. The van der Waals surface area contributed by atoms with Crippen LogP contribution in [0.1, 0.15) is 6.42 Å². The van der Waals surface area contributed by atoms with Crippen molar-refractivity contribution >= 4 is 20.9 Å². The lowest BCUT2D eigenvalue weighted by Gasteiger charge is -2.11. The van der Waals surface area contributed by atoms with Gasteiger partial charge in [0.2, 0.25) is 10.0 Å². The van der Waals surface area contributed by atoms with E-state index in [0.717, 1.165) is 0 Å². The number of aliphatic hydroxyl groups is 1. The van der Waals surface area contributed by atoms with Gasteiger partial charge in [-0.25, -0.2) is 13.1 Å². The van der Waals surface area contributed by atoms with E-state index in [1.807, 2.05) is 0 Å². The molecule has 0 aliphatic rings. The lowest BCUT2D eigenvalue weighted by atomic mass is 10.2. The van der Waals surface area contributed by atoms with Crippen LogP contribution in [-0.2, 0) is 14.8 Å². The molecule has 1 aromatic carbocycles. The first-order valence-electron chi connectivity index (χ1n) is 6.55. The molecule has 0 saturated heterocycles. The summed E-state index contributed by atoms with van der Waals surface area (Å²) >= 11 is 0. The number of hydrogen-bond acceptors (Lipinski definition) is 5. The van der Waals surface area contributed by atoms with Crippen molar-refractivity contribution in [1.29, 1.82) is 0 Å². The number of pyridine rings is 1. The first kappa shape index (κ1) is 15.8. The van der Waals surface area contributed by atoms with Gasteiger partial charge < -0.3 is 9.84 Å². The molecule has 0 aliphatic carbocycles. The predicted octanol–water partition coefficient (Wildman–Crippen LogP) is 0.910. The second kappa shape index (κ2) is 6.95. The molecule has 21 heavy (non-hydrogen) atoms. The molecule has 2 N–H and O–H groups in total. The van der Waals surface area contributed by atoms with Crippen LogP contribution >= 0.6 is 0 Å². The minimum Gasteiger partial charge on any atom is -0.391 e. The fourth-order valence-electron chi connectivity index (χ4n) is 2.02. The van der Waals surface area contributed by atoms with Gasteiger partial charge in [-0.1, -0.05) is 6.07 Å². The minimum atomic E-state index is -3.64. The van der Waals surface area contributed by atoms with Crippen molar-refractivity contribution in [3.8, 4) is 0 Å². The predicted molar refractivity (Wildman–Crippen MR) is 79.4 cm³/mol. The zero-order chi connectivity index (χ0) is 15.3. The Morgan fingerprint density at radius 2 is 2.14 bits per heavy atom. The van der Waals surface area contributed by atoms with E-state index in [4.69, 9.17) is 4.74 Å². The van der Waals surface area contributed by atoms with Crippen molar-refractivity contribution in [1.82, 2.24) is 9.71 Å². The molecule has 0 saturated carbocycles. The highest BCUT2D eigenvalue weighted by Crippen LogP contribution is 2.20. The van der Waals surface area contributed by atoms with Crippen molar-refractivity contribution in [2.24, 2.45) is 0 Å². The van der Waals surface area contributed by atoms with Gasteiger partial charge in [-0.2, -0.15) is 0 Å². The van der Waals surface area contributed by atoms with Crippen molar-refractivity contribution in [3.05, 3.63) is 36.5 Å². The highest BCUT2D eigenvalue weighted by molar-refractivity contribution is 7.89. The molecule has 0 fully saturated rings. The van der Waals surface area contributed by atoms with Crippen LogP contribution in [0.3, 0.4) is 0 Å². The summed E-state index contributed by atoms with van der Waals surface area (Å²) in [5, 5.41) is 10.1. The van der Waals surface area contributed by atoms with Crippen LogP contribution in [0.4, 0.5) is 0 Å². The number of aromatic nitrogens is 1. The second-order valence-electron chi connectivity index (χ2n) is 4.62. The van der Waals surface area contributed by atoms with Gasteiger partial charge in [-0.3, -0.25) is 4.98 Å². The topological polar surface area (TPSA) is 88.5 Å². The molecule has 1 atom stereocenters. The average Bonchev–Trinajstić information content (AvgIpc) is 2.46. The van der Waals surface area contributed by atoms with E-state index in [2.05, 4.69) is 9.71 Å². The van der Waals surface area contributed by atoms with Gasteiger partial charge in [0.05, 0.1) is 23.1 Å². The fourth-order valence-corrected chi connectivity index (χ4v) is 3.28. The highest BCUT2D eigenvalue weighted by atomic mass is 32.2. The van der Waals surface area contributed by atoms with E-state index in [0.29, 0.717) is 10.9 Å². The van der Waals surface area contributed by atoms with E-state index >= 15 is 0 Å². The summed E-state index contributed by atoms with van der Waals surface area (Å²) in [7, 11) is -2.16. The third-order valence-electron chi connectivity index (χ3n) is 3.02. The van der Waals surface area contributed by atoms with Crippen LogP contribution in [-0.4, -0.2) is 44.9 Å². The lowest BCUT2D eigenvalue weighted by molar-refractivity contribution is 0.0603. The zero-order valence-electron chi connectivity index (χ0n) is 11.7. The molecule has 114 valence electrons. The molecular weight excluding hydrogens is 292 g/mol. The first-order valence-corrected chi connectivity index (χ1v) is 8.03. The van der Waals surface area contributed by atoms with Crippen LogP contribution in [0.25, 0.3) is 10.9 Å². The van der Waals surface area contributed by atoms with Gasteiger partial charge in [-0.15, -0.1) is 0 Å². The van der Waals surface area contributed by atoms with Gasteiger partial charge in [0.25, 0.3) is 0 Å². The second-order valence-corrected chi connectivity index (χ2v) is 6.36. The number of fused-ring (bicyclic) bond motifs is 1. The van der Waals surface area contributed by atoms with E-state index in [9.17, 15) is 13.5 Å². The molecule has 6 nitrogen and oxygen atoms in total. The zero-order valence-corrected chi connectivity index (χ0v) is 12.5. The Bertz CT molecular complexity index is 698. The summed E-state index contributed by atoms with van der Waals surface area (Å²) in [6.07, 6.45) is 1.22. The standard InChI is InChI=1S/C14H18N2O4S/c1-20-10-11(17)7-9-16-21(18,19)14-6-2-5-13-12(14)4-3-8-15-13/h2-6,8,11,16-17H,7,9-10H2,1H3. The molecule has 1 aromatic heterocycles. The van der Waals surface area contributed by atoms with Gasteiger partial charge in [0, 0.05) is 25.2 Å². The summed E-state index contributed by atoms with van der Waals surface area (Å²) in [5.41, 5.74) is 0.625. The number of ether oxygens (including phenoxy) is 1. The molecule has 0 radical (unpaired) electrons. The molecular formula is C14H18N2O4S. The Kier molecular flexibility index (Phi) is 5.24. The fraction of sp³-hybridized carbons (Fsp3) is 0.357. The molecule has 7 heteroatoms. The van der Waals surface area contributed by atoms with Gasteiger partial charge >= 0.3 is 0 Å².